The van der Waals surface area contributed by atoms with Crippen molar-refractivity contribution in [2.75, 3.05) is 18.1 Å². The van der Waals surface area contributed by atoms with Crippen LogP contribution in [0.5, 0.6) is 5.75 Å². The molecule has 0 saturated carbocycles. The van der Waals surface area contributed by atoms with Gasteiger partial charge < -0.3 is 9.64 Å². The van der Waals surface area contributed by atoms with E-state index in [2.05, 4.69) is 12.0 Å². The van der Waals surface area contributed by atoms with Gasteiger partial charge in [0.05, 0.1) is 5.92 Å². The second-order valence-electron chi connectivity index (χ2n) is 5.16. The molecule has 21 heavy (non-hydrogen) atoms. The highest BCUT2D eigenvalue weighted by molar-refractivity contribution is 6.00. The van der Waals surface area contributed by atoms with Crippen molar-refractivity contribution in [3.63, 3.8) is 0 Å². The van der Waals surface area contributed by atoms with Gasteiger partial charge in [0.1, 0.15) is 12.4 Å². The Labute approximate surface area is 123 Å². The smallest absolute Gasteiger partial charge is 0.239 e. The van der Waals surface area contributed by atoms with E-state index in [0.717, 1.165) is 5.57 Å². The molecule has 1 saturated heterocycles. The lowest BCUT2D eigenvalue weighted by Crippen LogP contribution is -2.37. The summed E-state index contributed by atoms with van der Waals surface area (Å²) in [5.74, 6) is 4.95. The highest BCUT2D eigenvalue weighted by Crippen LogP contribution is 2.28. The molecule has 6 nitrogen and oxygen atoms in total. The zero-order chi connectivity index (χ0) is 15.4. The number of anilines is 1. The molecule has 1 fully saturated rings. The molecule has 0 aliphatic carbocycles. The van der Waals surface area contributed by atoms with Gasteiger partial charge in [-0.15, -0.1) is 0 Å². The molecule has 1 aliphatic rings. The van der Waals surface area contributed by atoms with E-state index in [-0.39, 0.29) is 18.2 Å². The van der Waals surface area contributed by atoms with E-state index in [0.29, 0.717) is 24.6 Å². The molecule has 1 aromatic rings. The Morgan fingerprint density at radius 3 is 3.00 bits per heavy atom. The average molecular weight is 289 g/mol. The minimum Gasteiger partial charge on any atom is -0.489 e. The molecule has 112 valence electrons. The molecule has 2 amide bonds. The molecule has 1 aromatic carbocycles. The van der Waals surface area contributed by atoms with Crippen LogP contribution in [0.2, 0.25) is 0 Å². The third-order valence-corrected chi connectivity index (χ3v) is 3.25. The van der Waals surface area contributed by atoms with Gasteiger partial charge in [-0.3, -0.25) is 15.0 Å². The number of ether oxygens (including phenoxy) is 1. The summed E-state index contributed by atoms with van der Waals surface area (Å²) in [6, 6.07) is 7.22. The normalized spacial score (nSPS) is 17.7. The Balaban J connectivity index is 2.11. The molecular formula is C15H19N3O3. The summed E-state index contributed by atoms with van der Waals surface area (Å²) in [5, 5.41) is 0. The van der Waals surface area contributed by atoms with Crippen molar-refractivity contribution < 1.29 is 14.3 Å². The SMILES string of the molecule is C=C(C)COc1cccc(N2CC(C(=O)NN)CC2=O)c1. The monoisotopic (exact) mass is 289 g/mol. The maximum Gasteiger partial charge on any atom is 0.239 e. The fourth-order valence-corrected chi connectivity index (χ4v) is 2.20. The molecular weight excluding hydrogens is 270 g/mol. The molecule has 0 radical (unpaired) electrons. The van der Waals surface area contributed by atoms with Crippen LogP contribution >= 0.6 is 0 Å². The van der Waals surface area contributed by atoms with E-state index in [4.69, 9.17) is 10.6 Å². The standard InChI is InChI=1S/C15H19N3O3/c1-10(2)9-21-13-5-3-4-12(7-13)18-8-11(6-14(18)19)15(20)17-16/h3-5,7,11H,1,6,8-9,16H2,2H3,(H,17,20). The van der Waals surface area contributed by atoms with Gasteiger partial charge in [0.2, 0.25) is 11.8 Å². The van der Waals surface area contributed by atoms with E-state index in [1.165, 1.54) is 0 Å². The molecule has 6 heteroatoms. The van der Waals surface area contributed by atoms with Crippen LogP contribution in [0.25, 0.3) is 0 Å². The van der Waals surface area contributed by atoms with Crippen molar-refractivity contribution >= 4 is 17.5 Å². The molecule has 1 heterocycles. The van der Waals surface area contributed by atoms with Gasteiger partial charge >= 0.3 is 0 Å². The quantitative estimate of drug-likeness (QED) is 0.366. The molecule has 0 aromatic heterocycles. The van der Waals surface area contributed by atoms with E-state index in [1.54, 1.807) is 11.0 Å². The summed E-state index contributed by atoms with van der Waals surface area (Å²) in [6.07, 6.45) is 0.167. The first-order valence-corrected chi connectivity index (χ1v) is 6.69. The molecule has 3 N–H and O–H groups in total. The van der Waals surface area contributed by atoms with E-state index in [1.807, 2.05) is 25.1 Å². The molecule has 1 unspecified atom stereocenters. The zero-order valence-electron chi connectivity index (χ0n) is 12.0. The van der Waals surface area contributed by atoms with E-state index < -0.39 is 5.92 Å². The molecule has 2 rings (SSSR count). The Bertz CT molecular complexity index is 571. The second kappa shape index (κ2) is 6.41. The molecule has 0 bridgehead atoms. The maximum atomic E-state index is 12.0. The highest BCUT2D eigenvalue weighted by atomic mass is 16.5. The van der Waals surface area contributed by atoms with E-state index >= 15 is 0 Å². The fourth-order valence-electron chi connectivity index (χ4n) is 2.20. The summed E-state index contributed by atoms with van der Waals surface area (Å²) < 4.78 is 5.56. The third-order valence-electron chi connectivity index (χ3n) is 3.25. The summed E-state index contributed by atoms with van der Waals surface area (Å²) in [6.45, 7) is 6.41. The van der Waals surface area contributed by atoms with Crippen LogP contribution in [0, 0.1) is 5.92 Å². The number of carbonyl (C=O) groups is 2. The van der Waals surface area contributed by atoms with Gasteiger partial charge in [0.15, 0.2) is 0 Å². The predicted octanol–water partition coefficient (Wildman–Crippen LogP) is 0.984. The fraction of sp³-hybridized carbons (Fsp3) is 0.333. The van der Waals surface area contributed by atoms with Crippen molar-refractivity contribution in [2.24, 2.45) is 11.8 Å². The summed E-state index contributed by atoms with van der Waals surface area (Å²) in [4.78, 5) is 25.1. The maximum absolute atomic E-state index is 12.0. The van der Waals surface area contributed by atoms with Crippen LogP contribution in [0.3, 0.4) is 0 Å². The predicted molar refractivity (Wildman–Crippen MR) is 79.5 cm³/mol. The highest BCUT2D eigenvalue weighted by Gasteiger charge is 2.34. The summed E-state index contributed by atoms with van der Waals surface area (Å²) in [5.41, 5.74) is 3.72. The first-order valence-electron chi connectivity index (χ1n) is 6.69. The van der Waals surface area contributed by atoms with Crippen LogP contribution in [-0.2, 0) is 9.59 Å². The number of hydrogen-bond acceptors (Lipinski definition) is 4. The van der Waals surface area contributed by atoms with Gasteiger partial charge in [-0.25, -0.2) is 5.84 Å². The number of nitrogens with zero attached hydrogens (tertiary/aromatic N) is 1. The minimum atomic E-state index is -0.414. The molecule has 1 aliphatic heterocycles. The first kappa shape index (κ1) is 15.1. The number of hydrazine groups is 1. The summed E-state index contributed by atoms with van der Waals surface area (Å²) in [7, 11) is 0. The number of nitrogens with one attached hydrogen (secondary N) is 1. The van der Waals surface area contributed by atoms with Gasteiger partial charge in [-0.1, -0.05) is 12.6 Å². The largest absolute Gasteiger partial charge is 0.489 e. The Morgan fingerprint density at radius 1 is 1.57 bits per heavy atom. The van der Waals surface area contributed by atoms with Crippen LogP contribution in [0.4, 0.5) is 5.69 Å². The Kier molecular flexibility index (Phi) is 4.59. The number of benzene rings is 1. The first-order chi connectivity index (χ1) is 10.0. The zero-order valence-corrected chi connectivity index (χ0v) is 12.0. The van der Waals surface area contributed by atoms with E-state index in [9.17, 15) is 9.59 Å². The third kappa shape index (κ3) is 3.61. The number of carbonyl (C=O) groups excluding carboxylic acids is 2. The van der Waals surface area contributed by atoms with Gasteiger partial charge in [0, 0.05) is 24.7 Å². The number of nitrogens with two attached hydrogens (primary N) is 1. The topological polar surface area (TPSA) is 84.7 Å². The lowest BCUT2D eigenvalue weighted by atomic mass is 10.1. The van der Waals surface area contributed by atoms with Gasteiger partial charge in [0.25, 0.3) is 0 Å². The minimum absolute atomic E-state index is 0.0966. The number of hydrogen-bond donors (Lipinski definition) is 2. The number of rotatable bonds is 5. The summed E-state index contributed by atoms with van der Waals surface area (Å²) >= 11 is 0. The van der Waals surface area contributed by atoms with Crippen molar-refractivity contribution in [1.29, 1.82) is 0 Å². The van der Waals surface area contributed by atoms with Gasteiger partial charge in [-0.2, -0.15) is 0 Å². The van der Waals surface area contributed by atoms with Crippen LogP contribution in [-0.4, -0.2) is 25.0 Å². The van der Waals surface area contributed by atoms with Crippen LogP contribution in [0.15, 0.2) is 36.4 Å². The lowest BCUT2D eigenvalue weighted by Gasteiger charge is -2.17. The van der Waals surface area contributed by atoms with Crippen molar-refractivity contribution in [3.05, 3.63) is 36.4 Å². The van der Waals surface area contributed by atoms with Crippen molar-refractivity contribution in [2.45, 2.75) is 13.3 Å². The lowest BCUT2D eigenvalue weighted by molar-refractivity contribution is -0.126. The van der Waals surface area contributed by atoms with Crippen molar-refractivity contribution in [1.82, 2.24) is 5.43 Å². The van der Waals surface area contributed by atoms with Gasteiger partial charge in [-0.05, 0) is 24.6 Å². The Hall–Kier alpha value is -2.34. The molecule has 0 spiro atoms. The second-order valence-corrected chi connectivity index (χ2v) is 5.16. The van der Waals surface area contributed by atoms with Crippen LogP contribution < -0.4 is 20.9 Å². The van der Waals surface area contributed by atoms with Crippen LogP contribution in [0.1, 0.15) is 13.3 Å². The Morgan fingerprint density at radius 2 is 2.33 bits per heavy atom. The van der Waals surface area contributed by atoms with Crippen molar-refractivity contribution in [3.8, 4) is 5.75 Å². The average Bonchev–Trinajstić information content (AvgIpc) is 2.86. The number of amides is 2. The molecule has 1 atom stereocenters.